The van der Waals surface area contributed by atoms with E-state index in [1.165, 1.54) is 0 Å². The van der Waals surface area contributed by atoms with Gasteiger partial charge in [0.1, 0.15) is 11.5 Å². The first-order chi connectivity index (χ1) is 10.7. The van der Waals surface area contributed by atoms with Crippen LogP contribution in [0.5, 0.6) is 11.5 Å². The molecule has 2 aromatic rings. The Labute approximate surface area is 132 Å². The number of anilines is 2. The summed E-state index contributed by atoms with van der Waals surface area (Å²) in [7, 11) is 1.67. The Morgan fingerprint density at radius 1 is 0.955 bits per heavy atom. The lowest BCUT2D eigenvalue weighted by molar-refractivity contribution is 0.243. The Kier molecular flexibility index (Phi) is 5.95. The lowest BCUT2D eigenvalue weighted by Crippen LogP contribution is -2.15. The third kappa shape index (κ3) is 4.88. The van der Waals surface area contributed by atoms with Crippen LogP contribution >= 0.6 is 0 Å². The molecule has 0 heterocycles. The summed E-state index contributed by atoms with van der Waals surface area (Å²) in [6, 6.07) is 15.9. The molecule has 118 valence electrons. The van der Waals surface area contributed by atoms with Gasteiger partial charge in [0, 0.05) is 24.8 Å². The summed E-state index contributed by atoms with van der Waals surface area (Å²) >= 11 is 0. The first-order valence-corrected chi connectivity index (χ1v) is 7.56. The zero-order chi connectivity index (χ0) is 15.8. The van der Waals surface area contributed by atoms with E-state index in [2.05, 4.69) is 10.6 Å². The monoisotopic (exact) mass is 300 g/mol. The van der Waals surface area contributed by atoms with Crippen molar-refractivity contribution >= 4 is 11.4 Å². The van der Waals surface area contributed by atoms with Crippen LogP contribution in [0.2, 0.25) is 0 Å². The first-order valence-electron chi connectivity index (χ1n) is 7.56. The Bertz CT molecular complexity index is 585. The number of rotatable bonds is 8. The van der Waals surface area contributed by atoms with Crippen LogP contribution in [0.1, 0.15) is 13.8 Å². The van der Waals surface area contributed by atoms with Gasteiger partial charge in [0.05, 0.1) is 18.9 Å². The van der Waals surface area contributed by atoms with Crippen molar-refractivity contribution in [1.82, 2.24) is 0 Å². The van der Waals surface area contributed by atoms with Crippen LogP contribution in [0, 0.1) is 0 Å². The topological polar surface area (TPSA) is 42.5 Å². The Hall–Kier alpha value is -2.36. The molecule has 2 N–H and O–H groups in total. The molecule has 0 aliphatic rings. The quantitative estimate of drug-likeness (QED) is 0.723. The van der Waals surface area contributed by atoms with E-state index < -0.39 is 0 Å². The molecule has 0 fully saturated rings. The summed E-state index contributed by atoms with van der Waals surface area (Å²) in [6.07, 6.45) is 0.165. The molecule has 0 amide bonds. The van der Waals surface area contributed by atoms with Crippen molar-refractivity contribution in [3.8, 4) is 11.5 Å². The standard InChI is InChI=1S/C18H24N2O2/c1-14(2)22-18-10-5-4-9-17(18)20-12-11-19-15-7-6-8-16(13-15)21-3/h4-10,13-14,19-20H,11-12H2,1-3H3. The van der Waals surface area contributed by atoms with E-state index in [1.807, 2.05) is 62.4 Å². The summed E-state index contributed by atoms with van der Waals surface area (Å²) in [4.78, 5) is 0. The van der Waals surface area contributed by atoms with Crippen molar-refractivity contribution < 1.29 is 9.47 Å². The lowest BCUT2D eigenvalue weighted by atomic mass is 10.3. The smallest absolute Gasteiger partial charge is 0.142 e. The minimum Gasteiger partial charge on any atom is -0.497 e. The lowest BCUT2D eigenvalue weighted by Gasteiger charge is -2.16. The van der Waals surface area contributed by atoms with E-state index >= 15 is 0 Å². The summed E-state index contributed by atoms with van der Waals surface area (Å²) in [5.41, 5.74) is 2.07. The molecule has 0 atom stereocenters. The molecule has 0 unspecified atom stereocenters. The Balaban J connectivity index is 1.83. The normalized spacial score (nSPS) is 10.4. The summed E-state index contributed by atoms with van der Waals surface area (Å²) in [5, 5.41) is 6.77. The van der Waals surface area contributed by atoms with E-state index in [9.17, 15) is 0 Å². The number of methoxy groups -OCH3 is 1. The summed E-state index contributed by atoms with van der Waals surface area (Å²) in [6.45, 7) is 5.67. The fourth-order valence-corrected chi connectivity index (χ4v) is 2.11. The van der Waals surface area contributed by atoms with Crippen molar-refractivity contribution in [3.63, 3.8) is 0 Å². The second-order valence-corrected chi connectivity index (χ2v) is 5.25. The molecule has 0 saturated carbocycles. The van der Waals surface area contributed by atoms with E-state index in [1.54, 1.807) is 7.11 Å². The van der Waals surface area contributed by atoms with Crippen molar-refractivity contribution in [2.45, 2.75) is 20.0 Å². The number of hydrogen-bond acceptors (Lipinski definition) is 4. The minimum atomic E-state index is 0.165. The van der Waals surface area contributed by atoms with Crippen LogP contribution in [0.3, 0.4) is 0 Å². The molecule has 0 aromatic heterocycles. The van der Waals surface area contributed by atoms with Gasteiger partial charge in [-0.25, -0.2) is 0 Å². The molecule has 0 saturated heterocycles. The van der Waals surface area contributed by atoms with E-state index in [0.29, 0.717) is 0 Å². The van der Waals surface area contributed by atoms with Crippen LogP contribution in [-0.4, -0.2) is 26.3 Å². The fourth-order valence-electron chi connectivity index (χ4n) is 2.11. The van der Waals surface area contributed by atoms with Crippen molar-refractivity contribution in [1.29, 1.82) is 0 Å². The predicted molar refractivity (Wildman–Crippen MR) is 92.2 cm³/mol. The van der Waals surface area contributed by atoms with Crippen molar-refractivity contribution in [3.05, 3.63) is 48.5 Å². The van der Waals surface area contributed by atoms with Crippen LogP contribution in [0.15, 0.2) is 48.5 Å². The molecule has 0 radical (unpaired) electrons. The fraction of sp³-hybridized carbons (Fsp3) is 0.333. The van der Waals surface area contributed by atoms with Crippen molar-refractivity contribution in [2.75, 3.05) is 30.8 Å². The van der Waals surface area contributed by atoms with Gasteiger partial charge in [-0.15, -0.1) is 0 Å². The van der Waals surface area contributed by atoms with Crippen LogP contribution in [-0.2, 0) is 0 Å². The largest absolute Gasteiger partial charge is 0.497 e. The predicted octanol–water partition coefficient (Wildman–Crippen LogP) is 4.01. The molecular weight excluding hydrogens is 276 g/mol. The first kappa shape index (κ1) is 16.0. The minimum absolute atomic E-state index is 0.165. The van der Waals surface area contributed by atoms with Gasteiger partial charge in [-0.3, -0.25) is 0 Å². The maximum absolute atomic E-state index is 5.79. The van der Waals surface area contributed by atoms with Gasteiger partial charge in [0.2, 0.25) is 0 Å². The molecule has 0 aliphatic heterocycles. The Morgan fingerprint density at radius 3 is 2.50 bits per heavy atom. The third-order valence-electron chi connectivity index (χ3n) is 3.09. The number of ether oxygens (including phenoxy) is 2. The average Bonchev–Trinajstić information content (AvgIpc) is 2.52. The van der Waals surface area contributed by atoms with Gasteiger partial charge in [0.15, 0.2) is 0 Å². The highest BCUT2D eigenvalue weighted by molar-refractivity contribution is 5.56. The summed E-state index contributed by atoms with van der Waals surface area (Å²) < 4.78 is 11.0. The summed E-state index contributed by atoms with van der Waals surface area (Å²) in [5.74, 6) is 1.74. The molecule has 4 heteroatoms. The van der Waals surface area contributed by atoms with Crippen LogP contribution in [0.4, 0.5) is 11.4 Å². The maximum Gasteiger partial charge on any atom is 0.142 e. The number of nitrogens with one attached hydrogen (secondary N) is 2. The highest BCUT2D eigenvalue weighted by Gasteiger charge is 2.04. The third-order valence-corrected chi connectivity index (χ3v) is 3.09. The second kappa shape index (κ2) is 8.17. The van der Waals surface area contributed by atoms with E-state index in [-0.39, 0.29) is 6.10 Å². The van der Waals surface area contributed by atoms with E-state index in [0.717, 1.165) is 36.0 Å². The van der Waals surface area contributed by atoms with Crippen molar-refractivity contribution in [2.24, 2.45) is 0 Å². The molecule has 0 spiro atoms. The number of hydrogen-bond donors (Lipinski definition) is 2. The SMILES string of the molecule is COc1cccc(NCCNc2ccccc2OC(C)C)c1. The number of para-hydroxylation sites is 2. The van der Waals surface area contributed by atoms with Gasteiger partial charge in [-0.2, -0.15) is 0 Å². The number of benzene rings is 2. The van der Waals surface area contributed by atoms with Gasteiger partial charge in [0.25, 0.3) is 0 Å². The van der Waals surface area contributed by atoms with Gasteiger partial charge in [-0.1, -0.05) is 18.2 Å². The van der Waals surface area contributed by atoms with Gasteiger partial charge >= 0.3 is 0 Å². The van der Waals surface area contributed by atoms with Gasteiger partial charge < -0.3 is 20.1 Å². The highest BCUT2D eigenvalue weighted by Crippen LogP contribution is 2.24. The molecule has 4 nitrogen and oxygen atoms in total. The Morgan fingerprint density at radius 2 is 1.73 bits per heavy atom. The zero-order valence-corrected chi connectivity index (χ0v) is 13.4. The molecule has 2 rings (SSSR count). The van der Waals surface area contributed by atoms with Gasteiger partial charge in [-0.05, 0) is 38.1 Å². The molecular formula is C18H24N2O2. The maximum atomic E-state index is 5.79. The zero-order valence-electron chi connectivity index (χ0n) is 13.4. The average molecular weight is 300 g/mol. The second-order valence-electron chi connectivity index (χ2n) is 5.25. The molecule has 0 aliphatic carbocycles. The van der Waals surface area contributed by atoms with E-state index in [4.69, 9.17) is 9.47 Å². The van der Waals surface area contributed by atoms with Crippen LogP contribution < -0.4 is 20.1 Å². The van der Waals surface area contributed by atoms with Crippen LogP contribution in [0.25, 0.3) is 0 Å². The molecule has 2 aromatic carbocycles. The molecule has 22 heavy (non-hydrogen) atoms. The molecule has 0 bridgehead atoms. The highest BCUT2D eigenvalue weighted by atomic mass is 16.5.